The second-order valence-electron chi connectivity index (χ2n) is 4.47. The number of nitrogens with zero attached hydrogens (tertiary/aromatic N) is 1. The molecule has 1 saturated heterocycles. The number of sulfonamides is 1. The van der Waals surface area contributed by atoms with Gasteiger partial charge in [-0.15, -0.1) is 0 Å². The molecule has 1 aliphatic heterocycles. The maximum absolute atomic E-state index is 11.5. The summed E-state index contributed by atoms with van der Waals surface area (Å²) in [5.41, 5.74) is 0.629. The molecule has 0 unspecified atom stereocenters. The Bertz CT molecular complexity index is 534. The third-order valence-electron chi connectivity index (χ3n) is 3.24. The van der Waals surface area contributed by atoms with Crippen LogP contribution in [0, 0.1) is 5.92 Å². The lowest BCUT2D eigenvalue weighted by molar-refractivity contribution is -0.111. The average Bonchev–Trinajstić information content (AvgIpc) is 2.38. The monoisotopic (exact) mass is 268 g/mol. The molecule has 0 aromatic heterocycles. The minimum Gasteiger partial charge on any atom is -0.370 e. The molecule has 1 heterocycles. The number of aldehydes is 1. The van der Waals surface area contributed by atoms with Crippen molar-refractivity contribution in [3.05, 3.63) is 24.3 Å². The number of hydrogen-bond donors (Lipinski definition) is 1. The van der Waals surface area contributed by atoms with Crippen molar-refractivity contribution < 1.29 is 13.2 Å². The molecule has 0 saturated carbocycles. The summed E-state index contributed by atoms with van der Waals surface area (Å²) in [6.45, 7) is 1.35. The Labute approximate surface area is 107 Å². The number of carbonyl (C=O) groups excluding carboxylic acids is 1. The number of piperidine rings is 1. The minimum atomic E-state index is -3.71. The molecule has 1 aromatic rings. The average molecular weight is 268 g/mol. The highest BCUT2D eigenvalue weighted by atomic mass is 32.2. The fourth-order valence-corrected chi connectivity index (χ4v) is 2.99. The first-order valence-electron chi connectivity index (χ1n) is 5.84. The fourth-order valence-electron chi connectivity index (χ4n) is 2.24. The standard InChI is InChI=1S/C12H16N2O3S/c13-18(16,17)12-4-2-1-3-11(12)14-7-5-10(9-15)6-8-14/h1-4,9-10H,5-8H2,(H2,13,16,17). The van der Waals surface area contributed by atoms with Crippen molar-refractivity contribution in [2.45, 2.75) is 17.7 Å². The van der Waals surface area contributed by atoms with Crippen molar-refractivity contribution >= 4 is 22.0 Å². The first kappa shape index (κ1) is 13.0. The Morgan fingerprint density at radius 3 is 2.39 bits per heavy atom. The first-order valence-corrected chi connectivity index (χ1v) is 7.39. The number of hydrogen-bond acceptors (Lipinski definition) is 4. The smallest absolute Gasteiger partial charge is 0.240 e. The van der Waals surface area contributed by atoms with E-state index in [0.29, 0.717) is 18.8 Å². The SMILES string of the molecule is NS(=O)(=O)c1ccccc1N1CCC(C=O)CC1. The van der Waals surface area contributed by atoms with E-state index >= 15 is 0 Å². The maximum Gasteiger partial charge on any atom is 0.240 e. The Morgan fingerprint density at radius 1 is 1.22 bits per heavy atom. The molecule has 6 heteroatoms. The third kappa shape index (κ3) is 2.70. The zero-order valence-electron chi connectivity index (χ0n) is 9.95. The molecule has 0 spiro atoms. The Balaban J connectivity index is 2.27. The normalized spacial score (nSPS) is 17.7. The van der Waals surface area contributed by atoms with Gasteiger partial charge in [0, 0.05) is 19.0 Å². The number of primary sulfonamides is 1. The number of nitrogens with two attached hydrogens (primary N) is 1. The molecule has 1 aromatic carbocycles. The molecule has 0 atom stereocenters. The number of benzene rings is 1. The Morgan fingerprint density at radius 2 is 1.83 bits per heavy atom. The molecule has 1 fully saturated rings. The van der Waals surface area contributed by atoms with Crippen LogP contribution in [0.5, 0.6) is 0 Å². The molecule has 2 N–H and O–H groups in total. The van der Waals surface area contributed by atoms with E-state index in [1.807, 2.05) is 4.90 Å². The molecule has 5 nitrogen and oxygen atoms in total. The molecule has 0 amide bonds. The molecule has 1 aliphatic rings. The van der Waals surface area contributed by atoms with Crippen LogP contribution in [0.25, 0.3) is 0 Å². The fraction of sp³-hybridized carbons (Fsp3) is 0.417. The van der Waals surface area contributed by atoms with Gasteiger partial charge in [-0.1, -0.05) is 12.1 Å². The van der Waals surface area contributed by atoms with Gasteiger partial charge in [-0.25, -0.2) is 13.6 Å². The summed E-state index contributed by atoms with van der Waals surface area (Å²) in [4.78, 5) is 12.8. The summed E-state index contributed by atoms with van der Waals surface area (Å²) in [6, 6.07) is 6.70. The van der Waals surface area contributed by atoms with Crippen LogP contribution >= 0.6 is 0 Å². The van der Waals surface area contributed by atoms with Crippen LogP contribution in [-0.2, 0) is 14.8 Å². The zero-order chi connectivity index (χ0) is 13.2. The van der Waals surface area contributed by atoms with Crippen LogP contribution in [-0.4, -0.2) is 27.8 Å². The van der Waals surface area contributed by atoms with E-state index in [-0.39, 0.29) is 10.8 Å². The van der Waals surface area contributed by atoms with Gasteiger partial charge in [-0.2, -0.15) is 0 Å². The molecule has 0 radical (unpaired) electrons. The highest BCUT2D eigenvalue weighted by molar-refractivity contribution is 7.89. The number of carbonyl (C=O) groups is 1. The quantitative estimate of drug-likeness (QED) is 0.820. The van der Waals surface area contributed by atoms with Gasteiger partial charge >= 0.3 is 0 Å². The van der Waals surface area contributed by atoms with E-state index in [1.54, 1.807) is 18.2 Å². The molecule has 0 aliphatic carbocycles. The van der Waals surface area contributed by atoms with Crippen molar-refractivity contribution in [2.24, 2.45) is 11.1 Å². The van der Waals surface area contributed by atoms with Crippen LogP contribution in [0.3, 0.4) is 0 Å². The second-order valence-corrected chi connectivity index (χ2v) is 6.00. The lowest BCUT2D eigenvalue weighted by atomic mass is 9.98. The minimum absolute atomic E-state index is 0.0860. The van der Waals surface area contributed by atoms with Gasteiger partial charge in [0.1, 0.15) is 11.2 Å². The summed E-state index contributed by atoms with van der Waals surface area (Å²) < 4.78 is 23.0. The van der Waals surface area contributed by atoms with Crippen molar-refractivity contribution in [2.75, 3.05) is 18.0 Å². The van der Waals surface area contributed by atoms with Crippen LogP contribution in [0.4, 0.5) is 5.69 Å². The lowest BCUT2D eigenvalue weighted by Crippen LogP contribution is -2.35. The zero-order valence-corrected chi connectivity index (χ0v) is 10.8. The summed E-state index contributed by atoms with van der Waals surface area (Å²) in [6.07, 6.45) is 2.48. The number of para-hydroxylation sites is 1. The van der Waals surface area contributed by atoms with E-state index in [9.17, 15) is 13.2 Å². The predicted octanol–water partition coefficient (Wildman–Crippen LogP) is 0.749. The largest absolute Gasteiger partial charge is 0.370 e. The molecular weight excluding hydrogens is 252 g/mol. The highest BCUT2D eigenvalue weighted by Gasteiger charge is 2.23. The topological polar surface area (TPSA) is 80.5 Å². The van der Waals surface area contributed by atoms with E-state index in [0.717, 1.165) is 19.1 Å². The van der Waals surface area contributed by atoms with Gasteiger partial charge < -0.3 is 9.69 Å². The van der Waals surface area contributed by atoms with Gasteiger partial charge in [0.15, 0.2) is 0 Å². The van der Waals surface area contributed by atoms with Gasteiger partial charge in [-0.05, 0) is 25.0 Å². The second kappa shape index (κ2) is 5.07. The van der Waals surface area contributed by atoms with Gasteiger partial charge in [-0.3, -0.25) is 0 Å². The molecule has 0 bridgehead atoms. The molecule has 98 valence electrons. The van der Waals surface area contributed by atoms with E-state index in [4.69, 9.17) is 5.14 Å². The summed E-state index contributed by atoms with van der Waals surface area (Å²) >= 11 is 0. The summed E-state index contributed by atoms with van der Waals surface area (Å²) in [5.74, 6) is 0.0860. The summed E-state index contributed by atoms with van der Waals surface area (Å²) in [5, 5.41) is 5.21. The molecule has 18 heavy (non-hydrogen) atoms. The number of rotatable bonds is 3. The van der Waals surface area contributed by atoms with E-state index < -0.39 is 10.0 Å². The van der Waals surface area contributed by atoms with E-state index in [1.165, 1.54) is 6.07 Å². The molecule has 2 rings (SSSR count). The van der Waals surface area contributed by atoms with Crippen LogP contribution in [0.2, 0.25) is 0 Å². The Hall–Kier alpha value is -1.40. The Kier molecular flexibility index (Phi) is 3.68. The van der Waals surface area contributed by atoms with Gasteiger partial charge in [0.05, 0.1) is 5.69 Å². The first-order chi connectivity index (χ1) is 8.52. The highest BCUT2D eigenvalue weighted by Crippen LogP contribution is 2.27. The predicted molar refractivity (Wildman–Crippen MR) is 68.8 cm³/mol. The third-order valence-corrected chi connectivity index (χ3v) is 4.20. The van der Waals surface area contributed by atoms with Crippen molar-refractivity contribution in [3.63, 3.8) is 0 Å². The number of anilines is 1. The molecular formula is C12H16N2O3S. The lowest BCUT2D eigenvalue weighted by Gasteiger charge is -2.32. The van der Waals surface area contributed by atoms with Crippen molar-refractivity contribution in [1.29, 1.82) is 0 Å². The maximum atomic E-state index is 11.5. The summed E-state index contributed by atoms with van der Waals surface area (Å²) in [7, 11) is -3.71. The van der Waals surface area contributed by atoms with Crippen LogP contribution < -0.4 is 10.0 Å². The van der Waals surface area contributed by atoms with Crippen LogP contribution in [0.1, 0.15) is 12.8 Å². The van der Waals surface area contributed by atoms with E-state index in [2.05, 4.69) is 0 Å². The van der Waals surface area contributed by atoms with Crippen LogP contribution in [0.15, 0.2) is 29.2 Å². The van der Waals surface area contributed by atoms with Gasteiger partial charge in [0.2, 0.25) is 10.0 Å². The van der Waals surface area contributed by atoms with Crippen molar-refractivity contribution in [3.8, 4) is 0 Å². The van der Waals surface area contributed by atoms with Crippen molar-refractivity contribution in [1.82, 2.24) is 0 Å². The van der Waals surface area contributed by atoms with Gasteiger partial charge in [0.25, 0.3) is 0 Å².